The highest BCUT2D eigenvalue weighted by Crippen LogP contribution is 2.18. The quantitative estimate of drug-likeness (QED) is 0.809. The summed E-state index contributed by atoms with van der Waals surface area (Å²) < 4.78 is 27.8. The standard InChI is InChI=1S/C19H20ClN3O3S/c20-15-7-4-6-14(12-15)19(24)22-16-8-5-9-17(13-16)27(25,26)23-18-10-2-1-3-11-21-18/h4-9,12-13H,1-3,10-11H2,(H,21,23)(H,22,24). The molecule has 1 heterocycles. The smallest absolute Gasteiger partial charge is 0.262 e. The van der Waals surface area contributed by atoms with E-state index >= 15 is 0 Å². The lowest BCUT2D eigenvalue weighted by Crippen LogP contribution is -2.30. The summed E-state index contributed by atoms with van der Waals surface area (Å²) in [5.74, 6) is 0.119. The normalized spacial score (nSPS) is 14.8. The Kier molecular flexibility index (Phi) is 6.13. The number of carbonyl (C=O) groups excluding carboxylic acids is 1. The molecule has 0 aromatic heterocycles. The molecule has 0 unspecified atom stereocenters. The van der Waals surface area contributed by atoms with Crippen LogP contribution in [0.15, 0.2) is 58.4 Å². The molecule has 2 aromatic carbocycles. The van der Waals surface area contributed by atoms with Gasteiger partial charge in [-0.2, -0.15) is 0 Å². The number of nitrogens with one attached hydrogen (secondary N) is 2. The number of aliphatic imine (C=N–C) groups is 1. The molecule has 1 amide bonds. The maximum absolute atomic E-state index is 12.6. The second-order valence-corrected chi connectivity index (χ2v) is 8.36. The topological polar surface area (TPSA) is 87.6 Å². The number of carbonyl (C=O) groups is 1. The van der Waals surface area contributed by atoms with Crippen molar-refractivity contribution in [2.45, 2.75) is 30.6 Å². The summed E-state index contributed by atoms with van der Waals surface area (Å²) in [5, 5.41) is 3.14. The third-order valence-corrected chi connectivity index (χ3v) is 5.73. The Balaban J connectivity index is 1.76. The summed E-state index contributed by atoms with van der Waals surface area (Å²) in [6.45, 7) is 0.633. The summed E-state index contributed by atoms with van der Waals surface area (Å²) in [4.78, 5) is 16.7. The molecule has 0 radical (unpaired) electrons. The molecule has 3 rings (SSSR count). The molecule has 1 aliphatic rings. The van der Waals surface area contributed by atoms with Gasteiger partial charge in [-0.25, -0.2) is 8.42 Å². The van der Waals surface area contributed by atoms with Gasteiger partial charge in [0.2, 0.25) is 0 Å². The van der Waals surface area contributed by atoms with Crippen LogP contribution in [0.4, 0.5) is 5.69 Å². The van der Waals surface area contributed by atoms with Gasteiger partial charge in [0, 0.05) is 29.2 Å². The van der Waals surface area contributed by atoms with Crippen LogP contribution in [0, 0.1) is 0 Å². The third-order valence-electron chi connectivity index (χ3n) is 4.12. The van der Waals surface area contributed by atoms with Crippen LogP contribution in [0.2, 0.25) is 5.02 Å². The Bertz CT molecular complexity index is 974. The van der Waals surface area contributed by atoms with Crippen molar-refractivity contribution in [2.24, 2.45) is 4.99 Å². The van der Waals surface area contributed by atoms with Crippen LogP contribution < -0.4 is 10.0 Å². The van der Waals surface area contributed by atoms with Gasteiger partial charge in [0.25, 0.3) is 15.9 Å². The minimum absolute atomic E-state index is 0.0679. The van der Waals surface area contributed by atoms with Crippen LogP contribution in [0.25, 0.3) is 0 Å². The first-order valence-electron chi connectivity index (χ1n) is 8.67. The number of amidine groups is 1. The average molecular weight is 406 g/mol. The maximum atomic E-state index is 12.6. The Hall–Kier alpha value is -2.38. The molecular weight excluding hydrogens is 386 g/mol. The van der Waals surface area contributed by atoms with E-state index in [0.29, 0.717) is 35.1 Å². The van der Waals surface area contributed by atoms with Gasteiger partial charge < -0.3 is 5.32 Å². The molecule has 8 heteroatoms. The van der Waals surface area contributed by atoms with Gasteiger partial charge in [0.05, 0.1) is 4.90 Å². The highest BCUT2D eigenvalue weighted by Gasteiger charge is 2.18. The lowest BCUT2D eigenvalue weighted by molar-refractivity contribution is 0.102. The van der Waals surface area contributed by atoms with Gasteiger partial charge in [-0.15, -0.1) is 0 Å². The van der Waals surface area contributed by atoms with Gasteiger partial charge in [0.15, 0.2) is 0 Å². The summed E-state index contributed by atoms with van der Waals surface area (Å²) in [6, 6.07) is 12.6. The van der Waals surface area contributed by atoms with Gasteiger partial charge in [0.1, 0.15) is 5.84 Å². The molecule has 1 aliphatic heterocycles. The fraction of sp³-hybridized carbons (Fsp3) is 0.263. The molecule has 142 valence electrons. The van der Waals surface area contributed by atoms with Crippen molar-refractivity contribution < 1.29 is 13.2 Å². The summed E-state index contributed by atoms with van der Waals surface area (Å²) in [7, 11) is -3.76. The number of anilines is 1. The number of halogens is 1. The second kappa shape index (κ2) is 8.54. The highest BCUT2D eigenvalue weighted by molar-refractivity contribution is 7.90. The molecule has 0 bridgehead atoms. The van der Waals surface area contributed by atoms with Crippen molar-refractivity contribution >= 4 is 39.1 Å². The van der Waals surface area contributed by atoms with Gasteiger partial charge in [-0.05, 0) is 49.2 Å². The molecule has 0 saturated carbocycles. The van der Waals surface area contributed by atoms with Crippen LogP contribution in [0.1, 0.15) is 36.0 Å². The zero-order valence-corrected chi connectivity index (χ0v) is 16.2. The van der Waals surface area contributed by atoms with Crippen molar-refractivity contribution in [3.63, 3.8) is 0 Å². The molecule has 0 spiro atoms. The lowest BCUT2D eigenvalue weighted by atomic mass is 10.2. The molecule has 0 atom stereocenters. The Morgan fingerprint density at radius 3 is 2.67 bits per heavy atom. The van der Waals surface area contributed by atoms with E-state index in [1.54, 1.807) is 36.4 Å². The van der Waals surface area contributed by atoms with E-state index < -0.39 is 10.0 Å². The second-order valence-electron chi connectivity index (χ2n) is 6.24. The Morgan fingerprint density at radius 2 is 1.85 bits per heavy atom. The Morgan fingerprint density at radius 1 is 1.04 bits per heavy atom. The summed E-state index contributed by atoms with van der Waals surface area (Å²) >= 11 is 5.90. The van der Waals surface area contributed by atoms with Crippen molar-refractivity contribution in [1.29, 1.82) is 0 Å². The van der Waals surface area contributed by atoms with E-state index in [-0.39, 0.29) is 10.8 Å². The number of amides is 1. The number of nitrogens with zero attached hydrogens (tertiary/aromatic N) is 1. The van der Waals surface area contributed by atoms with E-state index in [1.165, 1.54) is 12.1 Å². The number of hydrogen-bond donors (Lipinski definition) is 2. The summed E-state index contributed by atoms with van der Waals surface area (Å²) in [5.41, 5.74) is 0.771. The fourth-order valence-electron chi connectivity index (χ4n) is 2.75. The predicted molar refractivity (Wildman–Crippen MR) is 107 cm³/mol. The first-order valence-corrected chi connectivity index (χ1v) is 10.5. The summed E-state index contributed by atoms with van der Waals surface area (Å²) in [6.07, 6.45) is 3.54. The van der Waals surface area contributed by atoms with Crippen LogP contribution in [-0.2, 0) is 10.0 Å². The van der Waals surface area contributed by atoms with Gasteiger partial charge in [-0.1, -0.05) is 30.2 Å². The zero-order chi connectivity index (χ0) is 19.3. The Labute approximate surface area is 163 Å². The van der Waals surface area contributed by atoms with Gasteiger partial charge >= 0.3 is 0 Å². The van der Waals surface area contributed by atoms with E-state index in [2.05, 4.69) is 15.0 Å². The zero-order valence-electron chi connectivity index (χ0n) is 14.6. The lowest BCUT2D eigenvalue weighted by Gasteiger charge is -2.11. The fourth-order valence-corrected chi connectivity index (χ4v) is 4.07. The van der Waals surface area contributed by atoms with Crippen molar-refractivity contribution in [3.05, 3.63) is 59.1 Å². The number of sulfonamides is 1. The molecule has 6 nitrogen and oxygen atoms in total. The van der Waals surface area contributed by atoms with Crippen molar-refractivity contribution in [3.8, 4) is 0 Å². The van der Waals surface area contributed by atoms with Crippen LogP contribution in [0.5, 0.6) is 0 Å². The van der Waals surface area contributed by atoms with Crippen LogP contribution in [-0.4, -0.2) is 26.7 Å². The SMILES string of the molecule is O=C(Nc1cccc(S(=O)(=O)NC2=NCCCCC2)c1)c1cccc(Cl)c1. The molecule has 2 N–H and O–H groups in total. The minimum Gasteiger partial charge on any atom is -0.322 e. The molecule has 2 aromatic rings. The predicted octanol–water partition coefficient (Wildman–Crippen LogP) is 3.84. The molecular formula is C19H20ClN3O3S. The molecule has 27 heavy (non-hydrogen) atoms. The average Bonchev–Trinajstić information content (AvgIpc) is 2.90. The van der Waals surface area contributed by atoms with E-state index in [9.17, 15) is 13.2 Å². The number of benzene rings is 2. The molecule has 0 fully saturated rings. The van der Waals surface area contributed by atoms with Crippen molar-refractivity contribution in [2.75, 3.05) is 11.9 Å². The minimum atomic E-state index is -3.76. The first-order chi connectivity index (χ1) is 12.9. The van der Waals surface area contributed by atoms with E-state index in [0.717, 1.165) is 19.3 Å². The van der Waals surface area contributed by atoms with E-state index in [1.807, 2.05) is 0 Å². The van der Waals surface area contributed by atoms with Gasteiger partial charge in [-0.3, -0.25) is 14.5 Å². The number of hydrogen-bond acceptors (Lipinski definition) is 4. The maximum Gasteiger partial charge on any atom is 0.262 e. The van der Waals surface area contributed by atoms with Crippen LogP contribution in [0.3, 0.4) is 0 Å². The first kappa shape index (κ1) is 19.4. The largest absolute Gasteiger partial charge is 0.322 e. The van der Waals surface area contributed by atoms with E-state index in [4.69, 9.17) is 11.6 Å². The van der Waals surface area contributed by atoms with Crippen molar-refractivity contribution in [1.82, 2.24) is 4.72 Å². The molecule has 0 aliphatic carbocycles. The number of rotatable bonds is 4. The third kappa shape index (κ3) is 5.30. The van der Waals surface area contributed by atoms with Crippen LogP contribution >= 0.6 is 11.6 Å². The highest BCUT2D eigenvalue weighted by atomic mass is 35.5. The molecule has 0 saturated heterocycles. The monoisotopic (exact) mass is 405 g/mol.